The van der Waals surface area contributed by atoms with Crippen molar-refractivity contribution in [3.63, 3.8) is 0 Å². The first-order valence-corrected chi connectivity index (χ1v) is 12.6. The van der Waals surface area contributed by atoms with Crippen LogP contribution in [0.4, 0.5) is 5.69 Å². The summed E-state index contributed by atoms with van der Waals surface area (Å²) in [6.07, 6.45) is 2.47. The van der Waals surface area contributed by atoms with E-state index in [9.17, 15) is 18.0 Å². The number of ether oxygens (including phenoxy) is 1. The summed E-state index contributed by atoms with van der Waals surface area (Å²) < 4.78 is 31.3. The molecule has 4 rings (SSSR count). The lowest BCUT2D eigenvalue weighted by atomic mass is 10.0. The molecule has 0 aliphatic carbocycles. The predicted molar refractivity (Wildman–Crippen MR) is 122 cm³/mol. The smallest absolute Gasteiger partial charge is 0.253 e. The van der Waals surface area contributed by atoms with Crippen LogP contribution in [0.3, 0.4) is 0 Å². The molecule has 1 atom stereocenters. The third-order valence-electron chi connectivity index (χ3n) is 5.75. The molecule has 0 saturated carbocycles. The Bertz CT molecular complexity index is 1090. The Morgan fingerprint density at radius 2 is 1.62 bits per heavy atom. The van der Waals surface area contributed by atoms with Gasteiger partial charge in [0.2, 0.25) is 10.0 Å². The zero-order chi connectivity index (χ0) is 22.7. The fourth-order valence-electron chi connectivity index (χ4n) is 4.10. The van der Waals surface area contributed by atoms with Gasteiger partial charge in [0.1, 0.15) is 6.10 Å². The van der Waals surface area contributed by atoms with Crippen LogP contribution in [-0.4, -0.2) is 75.2 Å². The van der Waals surface area contributed by atoms with E-state index in [1.54, 1.807) is 34.1 Å². The van der Waals surface area contributed by atoms with Gasteiger partial charge in [0, 0.05) is 43.9 Å². The van der Waals surface area contributed by atoms with Crippen molar-refractivity contribution in [2.45, 2.75) is 18.9 Å². The first-order chi connectivity index (χ1) is 15.3. The van der Waals surface area contributed by atoms with E-state index >= 15 is 0 Å². The highest BCUT2D eigenvalue weighted by Crippen LogP contribution is 2.29. The number of rotatable bonds is 5. The Hall–Kier alpha value is -2.91. The zero-order valence-corrected chi connectivity index (χ0v) is 18.8. The molecule has 170 valence electrons. The number of anilines is 1. The fourth-order valence-corrected chi connectivity index (χ4v) is 4.68. The average molecular weight is 458 g/mol. The normalized spacial score (nSPS) is 19.1. The molecular weight excluding hydrogens is 430 g/mol. The van der Waals surface area contributed by atoms with Crippen molar-refractivity contribution in [1.82, 2.24) is 9.80 Å². The van der Waals surface area contributed by atoms with Crippen LogP contribution < -0.4 is 4.72 Å². The summed E-state index contributed by atoms with van der Waals surface area (Å²) in [5, 5.41) is 0. The number of benzene rings is 2. The second-order valence-corrected chi connectivity index (χ2v) is 9.86. The first kappa shape index (κ1) is 22.3. The number of hydrogen-bond acceptors (Lipinski definition) is 5. The van der Waals surface area contributed by atoms with Gasteiger partial charge < -0.3 is 14.5 Å². The molecule has 0 aromatic heterocycles. The molecule has 0 unspecified atom stereocenters. The Kier molecular flexibility index (Phi) is 6.48. The van der Waals surface area contributed by atoms with Gasteiger partial charge in [-0.05, 0) is 36.6 Å². The van der Waals surface area contributed by atoms with Gasteiger partial charge in [0.05, 0.1) is 11.9 Å². The molecule has 0 bridgehead atoms. The third kappa shape index (κ3) is 5.11. The molecule has 2 aromatic carbocycles. The van der Waals surface area contributed by atoms with Gasteiger partial charge >= 0.3 is 0 Å². The summed E-state index contributed by atoms with van der Waals surface area (Å²) in [6, 6.07) is 14.2. The highest BCUT2D eigenvalue weighted by Gasteiger charge is 2.31. The van der Waals surface area contributed by atoms with Crippen LogP contribution in [0, 0.1) is 0 Å². The molecule has 0 spiro atoms. The van der Waals surface area contributed by atoms with E-state index in [1.807, 2.05) is 24.3 Å². The Balaban J connectivity index is 1.41. The van der Waals surface area contributed by atoms with Crippen molar-refractivity contribution in [3.05, 3.63) is 54.1 Å². The summed E-state index contributed by atoms with van der Waals surface area (Å²) in [5.41, 5.74) is 2.58. The average Bonchev–Trinajstić information content (AvgIpc) is 3.33. The molecule has 2 aliphatic heterocycles. The highest BCUT2D eigenvalue weighted by molar-refractivity contribution is 7.92. The van der Waals surface area contributed by atoms with Gasteiger partial charge in [0.15, 0.2) is 0 Å². The van der Waals surface area contributed by atoms with E-state index in [2.05, 4.69) is 4.72 Å². The van der Waals surface area contributed by atoms with Crippen molar-refractivity contribution in [3.8, 4) is 11.1 Å². The standard InChI is InChI=1S/C23H27N3O5S/c1-32(29,30)24-20-6-3-2-5-19(20)17-8-10-18(11-9-17)22(27)25-12-14-26(15-13-25)23(28)21-7-4-16-31-21/h2-3,5-6,8-11,21,24H,4,7,12-16H2,1H3/t21-/m0/s1. The minimum absolute atomic E-state index is 0.0281. The molecule has 2 saturated heterocycles. The zero-order valence-electron chi connectivity index (χ0n) is 18.0. The number of carbonyl (C=O) groups is 2. The highest BCUT2D eigenvalue weighted by atomic mass is 32.2. The number of para-hydroxylation sites is 1. The van der Waals surface area contributed by atoms with Gasteiger partial charge in [-0.3, -0.25) is 14.3 Å². The number of sulfonamides is 1. The maximum atomic E-state index is 12.9. The molecule has 2 amide bonds. The lowest BCUT2D eigenvalue weighted by Crippen LogP contribution is -2.52. The molecular formula is C23H27N3O5S. The van der Waals surface area contributed by atoms with E-state index in [-0.39, 0.29) is 17.9 Å². The molecule has 8 nitrogen and oxygen atoms in total. The lowest BCUT2D eigenvalue weighted by molar-refractivity contribution is -0.142. The van der Waals surface area contributed by atoms with Crippen LogP contribution in [0.2, 0.25) is 0 Å². The fraction of sp³-hybridized carbons (Fsp3) is 0.391. The molecule has 2 aliphatic rings. The number of nitrogens with one attached hydrogen (secondary N) is 1. The second kappa shape index (κ2) is 9.30. The third-order valence-corrected chi connectivity index (χ3v) is 6.34. The van der Waals surface area contributed by atoms with E-state index in [0.717, 1.165) is 30.2 Å². The summed E-state index contributed by atoms with van der Waals surface area (Å²) in [5.74, 6) is -0.0522. The SMILES string of the molecule is CS(=O)(=O)Nc1ccccc1-c1ccc(C(=O)N2CCN(C(=O)[C@@H]3CCCO3)CC2)cc1. The quantitative estimate of drug-likeness (QED) is 0.743. The van der Waals surface area contributed by atoms with Crippen LogP contribution in [-0.2, 0) is 19.6 Å². The van der Waals surface area contributed by atoms with Crippen molar-refractivity contribution in [1.29, 1.82) is 0 Å². The minimum Gasteiger partial charge on any atom is -0.368 e. The van der Waals surface area contributed by atoms with Crippen LogP contribution in [0.1, 0.15) is 23.2 Å². The van der Waals surface area contributed by atoms with Crippen molar-refractivity contribution in [2.24, 2.45) is 0 Å². The van der Waals surface area contributed by atoms with Gasteiger partial charge in [-0.15, -0.1) is 0 Å². The maximum absolute atomic E-state index is 12.9. The number of nitrogens with zero attached hydrogens (tertiary/aromatic N) is 2. The minimum atomic E-state index is -3.41. The summed E-state index contributed by atoms with van der Waals surface area (Å²) in [7, 11) is -3.41. The second-order valence-electron chi connectivity index (χ2n) is 8.12. The van der Waals surface area contributed by atoms with Crippen LogP contribution in [0.15, 0.2) is 48.5 Å². The molecule has 9 heteroatoms. The van der Waals surface area contributed by atoms with Gasteiger partial charge in [-0.2, -0.15) is 0 Å². The topological polar surface area (TPSA) is 96.0 Å². The van der Waals surface area contributed by atoms with Crippen molar-refractivity contribution < 1.29 is 22.7 Å². The Morgan fingerprint density at radius 1 is 0.969 bits per heavy atom. The number of hydrogen-bond donors (Lipinski definition) is 1. The van der Waals surface area contributed by atoms with E-state index in [4.69, 9.17) is 4.74 Å². The van der Waals surface area contributed by atoms with E-state index in [0.29, 0.717) is 44.0 Å². The first-order valence-electron chi connectivity index (χ1n) is 10.7. The summed E-state index contributed by atoms with van der Waals surface area (Å²) in [6.45, 7) is 2.63. The van der Waals surface area contributed by atoms with Crippen molar-refractivity contribution in [2.75, 3.05) is 43.8 Å². The lowest BCUT2D eigenvalue weighted by Gasteiger charge is -2.35. The van der Waals surface area contributed by atoms with Crippen LogP contribution >= 0.6 is 0 Å². The maximum Gasteiger partial charge on any atom is 0.253 e. The van der Waals surface area contributed by atoms with E-state index < -0.39 is 10.0 Å². The monoisotopic (exact) mass is 457 g/mol. The predicted octanol–water partition coefficient (Wildman–Crippen LogP) is 2.19. The summed E-state index contributed by atoms with van der Waals surface area (Å²) >= 11 is 0. The van der Waals surface area contributed by atoms with Crippen molar-refractivity contribution >= 4 is 27.5 Å². The largest absolute Gasteiger partial charge is 0.368 e. The van der Waals surface area contributed by atoms with Gasteiger partial charge in [-0.25, -0.2) is 8.42 Å². The van der Waals surface area contributed by atoms with Gasteiger partial charge in [-0.1, -0.05) is 30.3 Å². The van der Waals surface area contributed by atoms with E-state index in [1.165, 1.54) is 0 Å². The molecule has 2 fully saturated rings. The molecule has 1 N–H and O–H groups in total. The summed E-state index contributed by atoms with van der Waals surface area (Å²) in [4.78, 5) is 29.0. The Labute approximate surface area is 188 Å². The number of carbonyl (C=O) groups excluding carboxylic acids is 2. The molecule has 2 heterocycles. The molecule has 32 heavy (non-hydrogen) atoms. The molecule has 2 aromatic rings. The van der Waals surface area contributed by atoms with Crippen LogP contribution in [0.25, 0.3) is 11.1 Å². The number of amides is 2. The number of piperazine rings is 1. The Morgan fingerprint density at radius 3 is 2.25 bits per heavy atom. The van der Waals surface area contributed by atoms with Crippen LogP contribution in [0.5, 0.6) is 0 Å². The molecule has 0 radical (unpaired) electrons. The van der Waals surface area contributed by atoms with Gasteiger partial charge in [0.25, 0.3) is 11.8 Å².